The van der Waals surface area contributed by atoms with Crippen molar-refractivity contribution in [2.45, 2.75) is 12.5 Å². The van der Waals surface area contributed by atoms with Gasteiger partial charge in [0.2, 0.25) is 5.91 Å². The average Bonchev–Trinajstić information content (AvgIpc) is 3.33. The summed E-state index contributed by atoms with van der Waals surface area (Å²) in [5.41, 5.74) is 8.43. The number of benzene rings is 3. The van der Waals surface area contributed by atoms with E-state index in [2.05, 4.69) is 0 Å². The van der Waals surface area contributed by atoms with Gasteiger partial charge in [-0.1, -0.05) is 66.7 Å². The zero-order valence-corrected chi connectivity index (χ0v) is 19.2. The molecule has 1 heterocycles. The number of hydrogen-bond donors (Lipinski definition) is 2. The third-order valence-corrected chi connectivity index (χ3v) is 5.98. The number of likely N-dealkylation sites (tertiary alicyclic amines) is 1. The molecule has 0 spiro atoms. The van der Waals surface area contributed by atoms with Gasteiger partial charge in [0.15, 0.2) is 0 Å². The van der Waals surface area contributed by atoms with Gasteiger partial charge in [0, 0.05) is 25.2 Å². The van der Waals surface area contributed by atoms with Crippen molar-refractivity contribution in [2.75, 3.05) is 24.5 Å². The van der Waals surface area contributed by atoms with Crippen molar-refractivity contribution in [3.63, 3.8) is 0 Å². The monoisotopic (exact) mass is 469 g/mol. The smallest absolute Gasteiger partial charge is 0.337 e. The van der Waals surface area contributed by atoms with E-state index in [1.807, 2.05) is 60.7 Å². The molecule has 2 amide bonds. The molecule has 3 aromatic rings. The molecule has 1 fully saturated rings. The number of carboxylic acids is 1. The van der Waals surface area contributed by atoms with Gasteiger partial charge in [-0.25, -0.2) is 4.79 Å². The molecule has 1 aliphatic rings. The fraction of sp³-hybridized carbons (Fsp3) is 0.179. The Hall–Kier alpha value is -4.23. The first kappa shape index (κ1) is 23.9. The van der Waals surface area contributed by atoms with E-state index < -0.39 is 11.9 Å². The maximum Gasteiger partial charge on any atom is 0.337 e. The molecule has 0 bridgehead atoms. The van der Waals surface area contributed by atoms with Crippen LogP contribution in [0.5, 0.6) is 0 Å². The number of aromatic carboxylic acids is 1. The highest BCUT2D eigenvalue weighted by Gasteiger charge is 2.28. The van der Waals surface area contributed by atoms with Crippen molar-refractivity contribution in [3.8, 4) is 11.1 Å². The summed E-state index contributed by atoms with van der Waals surface area (Å²) in [7, 11) is 0. The zero-order valence-electron chi connectivity index (χ0n) is 19.2. The molecule has 0 aromatic heterocycles. The number of carboxylic acid groups (broad SMARTS) is 1. The van der Waals surface area contributed by atoms with Crippen LogP contribution in [0.2, 0.25) is 0 Å². The second kappa shape index (κ2) is 10.8. The summed E-state index contributed by atoms with van der Waals surface area (Å²) >= 11 is 0. The van der Waals surface area contributed by atoms with Gasteiger partial charge in [0.05, 0.1) is 11.3 Å². The summed E-state index contributed by atoms with van der Waals surface area (Å²) in [5, 5.41) is 9.99. The number of carbonyl (C=O) groups excluding carboxylic acids is 2. The highest BCUT2D eigenvalue weighted by atomic mass is 16.4. The SMILES string of the molecule is N[C@H]1CCN(C(=O)CN(C(=O)/C=C/c2ccccc2)c2ccc(-c3ccccc3)cc2C(=O)O)C1. The molecular weight excluding hydrogens is 442 g/mol. The van der Waals surface area contributed by atoms with Crippen LogP contribution in [0.1, 0.15) is 22.3 Å². The van der Waals surface area contributed by atoms with E-state index in [1.54, 1.807) is 23.1 Å². The number of amides is 2. The van der Waals surface area contributed by atoms with Gasteiger partial charge in [0.25, 0.3) is 5.91 Å². The number of nitrogens with zero attached hydrogens (tertiary/aromatic N) is 2. The van der Waals surface area contributed by atoms with Crippen LogP contribution in [0, 0.1) is 0 Å². The lowest BCUT2D eigenvalue weighted by atomic mass is 10.0. The normalized spacial score (nSPS) is 15.3. The van der Waals surface area contributed by atoms with Crippen LogP contribution in [0.15, 0.2) is 84.9 Å². The van der Waals surface area contributed by atoms with Crippen molar-refractivity contribution >= 4 is 29.5 Å². The highest BCUT2D eigenvalue weighted by Crippen LogP contribution is 2.28. The lowest BCUT2D eigenvalue weighted by Crippen LogP contribution is -2.43. The van der Waals surface area contributed by atoms with E-state index in [-0.39, 0.29) is 29.7 Å². The topological polar surface area (TPSA) is 104 Å². The summed E-state index contributed by atoms with van der Waals surface area (Å²) in [6.45, 7) is 0.649. The minimum absolute atomic E-state index is 0.0567. The Kier molecular flexibility index (Phi) is 7.38. The Bertz CT molecular complexity index is 1240. The highest BCUT2D eigenvalue weighted by molar-refractivity contribution is 6.10. The minimum atomic E-state index is -1.18. The van der Waals surface area contributed by atoms with Crippen LogP contribution < -0.4 is 10.6 Å². The molecule has 1 atom stereocenters. The third kappa shape index (κ3) is 5.83. The van der Waals surface area contributed by atoms with E-state index in [0.717, 1.165) is 11.1 Å². The second-order valence-corrected chi connectivity index (χ2v) is 8.46. The van der Waals surface area contributed by atoms with Gasteiger partial charge in [-0.2, -0.15) is 0 Å². The first-order chi connectivity index (χ1) is 16.9. The Morgan fingerprint density at radius 1 is 0.971 bits per heavy atom. The number of nitrogens with two attached hydrogens (primary N) is 1. The van der Waals surface area contributed by atoms with Gasteiger partial charge >= 0.3 is 5.97 Å². The van der Waals surface area contributed by atoms with Gasteiger partial charge in [-0.3, -0.25) is 14.5 Å². The molecule has 1 aliphatic heterocycles. The molecule has 7 nitrogen and oxygen atoms in total. The molecule has 178 valence electrons. The maximum absolute atomic E-state index is 13.3. The summed E-state index contributed by atoms with van der Waals surface area (Å²) < 4.78 is 0. The molecule has 4 rings (SSSR count). The number of rotatable bonds is 7. The summed E-state index contributed by atoms with van der Waals surface area (Å²) in [6, 6.07) is 23.4. The first-order valence-corrected chi connectivity index (χ1v) is 11.4. The molecular formula is C28H27N3O4. The second-order valence-electron chi connectivity index (χ2n) is 8.46. The summed E-state index contributed by atoms with van der Waals surface area (Å²) in [5.74, 6) is -1.94. The Balaban J connectivity index is 1.70. The van der Waals surface area contributed by atoms with Crippen LogP contribution in [-0.2, 0) is 9.59 Å². The molecule has 0 aliphatic carbocycles. The van der Waals surface area contributed by atoms with E-state index >= 15 is 0 Å². The van der Waals surface area contributed by atoms with Crippen molar-refractivity contribution < 1.29 is 19.5 Å². The summed E-state index contributed by atoms with van der Waals surface area (Å²) in [4.78, 5) is 41.4. The van der Waals surface area contributed by atoms with E-state index in [4.69, 9.17) is 5.73 Å². The fourth-order valence-corrected chi connectivity index (χ4v) is 4.11. The standard InChI is InChI=1S/C28H27N3O4/c29-23-15-16-30(18-23)27(33)19-31(26(32)14-11-20-7-3-1-4-8-20)25-13-12-22(17-24(25)28(34)35)21-9-5-2-6-10-21/h1-14,17,23H,15-16,18-19,29H2,(H,34,35)/b14-11+/t23-/m0/s1. The average molecular weight is 470 g/mol. The Morgan fingerprint density at radius 2 is 1.66 bits per heavy atom. The molecule has 7 heteroatoms. The van der Waals surface area contributed by atoms with Crippen molar-refractivity contribution in [2.24, 2.45) is 5.73 Å². The first-order valence-electron chi connectivity index (χ1n) is 11.4. The van der Waals surface area contributed by atoms with E-state index in [0.29, 0.717) is 25.1 Å². The Labute approximate surface area is 204 Å². The van der Waals surface area contributed by atoms with Crippen LogP contribution >= 0.6 is 0 Å². The predicted octanol–water partition coefficient (Wildman–Crippen LogP) is 3.66. The quantitative estimate of drug-likeness (QED) is 0.514. The number of carbonyl (C=O) groups is 3. The number of anilines is 1. The fourth-order valence-electron chi connectivity index (χ4n) is 4.11. The van der Waals surface area contributed by atoms with Gasteiger partial charge in [-0.15, -0.1) is 0 Å². The van der Waals surface area contributed by atoms with Crippen LogP contribution in [0.3, 0.4) is 0 Å². The van der Waals surface area contributed by atoms with Gasteiger partial charge < -0.3 is 15.7 Å². The van der Waals surface area contributed by atoms with Gasteiger partial charge in [0.1, 0.15) is 6.54 Å². The minimum Gasteiger partial charge on any atom is -0.478 e. The molecule has 0 unspecified atom stereocenters. The predicted molar refractivity (Wildman–Crippen MR) is 136 cm³/mol. The largest absolute Gasteiger partial charge is 0.478 e. The number of hydrogen-bond acceptors (Lipinski definition) is 4. The van der Waals surface area contributed by atoms with Crippen molar-refractivity contribution in [1.82, 2.24) is 4.90 Å². The van der Waals surface area contributed by atoms with E-state index in [1.165, 1.54) is 17.0 Å². The van der Waals surface area contributed by atoms with E-state index in [9.17, 15) is 19.5 Å². The lowest BCUT2D eigenvalue weighted by Gasteiger charge is -2.26. The lowest BCUT2D eigenvalue weighted by molar-refractivity contribution is -0.130. The molecule has 35 heavy (non-hydrogen) atoms. The third-order valence-electron chi connectivity index (χ3n) is 5.98. The summed E-state index contributed by atoms with van der Waals surface area (Å²) in [6.07, 6.45) is 3.69. The molecule has 1 saturated heterocycles. The maximum atomic E-state index is 13.3. The van der Waals surface area contributed by atoms with Gasteiger partial charge in [-0.05, 0) is 41.3 Å². The van der Waals surface area contributed by atoms with Crippen molar-refractivity contribution in [3.05, 3.63) is 96.1 Å². The molecule has 3 aromatic carbocycles. The van der Waals surface area contributed by atoms with Crippen LogP contribution in [-0.4, -0.2) is 53.5 Å². The Morgan fingerprint density at radius 3 is 2.29 bits per heavy atom. The molecule has 0 saturated carbocycles. The van der Waals surface area contributed by atoms with Crippen LogP contribution in [0.25, 0.3) is 17.2 Å². The zero-order chi connectivity index (χ0) is 24.8. The molecule has 3 N–H and O–H groups in total. The molecule has 0 radical (unpaired) electrons. The van der Waals surface area contributed by atoms with Crippen molar-refractivity contribution in [1.29, 1.82) is 0 Å². The van der Waals surface area contributed by atoms with Crippen LogP contribution in [0.4, 0.5) is 5.69 Å².